The van der Waals surface area contributed by atoms with Crippen molar-refractivity contribution < 1.29 is 9.53 Å². The van der Waals surface area contributed by atoms with Gasteiger partial charge in [-0.2, -0.15) is 0 Å². The van der Waals surface area contributed by atoms with Gasteiger partial charge in [0.05, 0.1) is 12.8 Å². The second-order valence-corrected chi connectivity index (χ2v) is 4.50. The molecular weight excluding hydrogens is 270 g/mol. The number of benzene rings is 1. The monoisotopic (exact) mass is 289 g/mol. The lowest BCUT2D eigenvalue weighted by Gasteiger charge is -2.09. The molecule has 1 amide bonds. The molecule has 0 aliphatic rings. The third kappa shape index (κ3) is 4.48. The zero-order chi connectivity index (χ0) is 15.1. The van der Waals surface area contributed by atoms with Crippen LogP contribution in [0.15, 0.2) is 30.6 Å². The SMILES string of the molecule is CCOc1cc(N)cc(C(=O)NCCCn2ccnn2)c1. The quantitative estimate of drug-likeness (QED) is 0.587. The molecule has 1 aromatic carbocycles. The number of anilines is 1. The van der Waals surface area contributed by atoms with Crippen molar-refractivity contribution >= 4 is 11.6 Å². The minimum absolute atomic E-state index is 0.165. The molecule has 0 spiro atoms. The molecule has 2 rings (SSSR count). The van der Waals surface area contributed by atoms with Gasteiger partial charge < -0.3 is 15.8 Å². The summed E-state index contributed by atoms with van der Waals surface area (Å²) in [5.41, 5.74) is 6.78. The van der Waals surface area contributed by atoms with Gasteiger partial charge in [0, 0.05) is 36.6 Å². The molecule has 3 N–H and O–H groups in total. The van der Waals surface area contributed by atoms with Crippen LogP contribution in [0, 0.1) is 0 Å². The van der Waals surface area contributed by atoms with E-state index in [4.69, 9.17) is 10.5 Å². The van der Waals surface area contributed by atoms with Gasteiger partial charge in [-0.1, -0.05) is 5.21 Å². The number of nitrogens with one attached hydrogen (secondary N) is 1. The zero-order valence-electron chi connectivity index (χ0n) is 12.0. The van der Waals surface area contributed by atoms with E-state index in [0.29, 0.717) is 36.7 Å². The molecule has 0 radical (unpaired) electrons. The molecule has 0 saturated carbocycles. The molecule has 0 atom stereocenters. The molecule has 2 aromatic rings. The number of nitrogens with two attached hydrogens (primary N) is 1. The van der Waals surface area contributed by atoms with E-state index >= 15 is 0 Å². The average molecular weight is 289 g/mol. The molecule has 21 heavy (non-hydrogen) atoms. The number of amides is 1. The van der Waals surface area contributed by atoms with Gasteiger partial charge in [-0.15, -0.1) is 5.10 Å². The van der Waals surface area contributed by atoms with E-state index in [1.807, 2.05) is 6.92 Å². The summed E-state index contributed by atoms with van der Waals surface area (Å²) in [6, 6.07) is 5.02. The highest BCUT2D eigenvalue weighted by molar-refractivity contribution is 5.95. The number of nitrogens with zero attached hydrogens (tertiary/aromatic N) is 3. The Morgan fingerprint density at radius 3 is 3.00 bits per heavy atom. The van der Waals surface area contributed by atoms with Crippen LogP contribution >= 0.6 is 0 Å². The molecule has 7 heteroatoms. The lowest BCUT2D eigenvalue weighted by molar-refractivity contribution is 0.0952. The van der Waals surface area contributed by atoms with Crippen LogP contribution in [0.3, 0.4) is 0 Å². The molecule has 0 aliphatic carbocycles. The maximum atomic E-state index is 12.1. The van der Waals surface area contributed by atoms with Gasteiger partial charge >= 0.3 is 0 Å². The highest BCUT2D eigenvalue weighted by Gasteiger charge is 2.08. The largest absolute Gasteiger partial charge is 0.494 e. The van der Waals surface area contributed by atoms with Gasteiger partial charge in [-0.25, -0.2) is 0 Å². The molecule has 1 heterocycles. The summed E-state index contributed by atoms with van der Waals surface area (Å²) in [6.45, 7) is 3.67. The number of nitrogen functional groups attached to an aromatic ring is 1. The Kier molecular flexibility index (Phi) is 5.14. The van der Waals surface area contributed by atoms with Crippen molar-refractivity contribution in [3.63, 3.8) is 0 Å². The summed E-state index contributed by atoms with van der Waals surface area (Å²) in [5, 5.41) is 10.4. The van der Waals surface area contributed by atoms with Gasteiger partial charge in [0.2, 0.25) is 0 Å². The first kappa shape index (κ1) is 14.8. The van der Waals surface area contributed by atoms with Crippen LogP contribution in [0.1, 0.15) is 23.7 Å². The minimum Gasteiger partial charge on any atom is -0.494 e. The van der Waals surface area contributed by atoms with Gasteiger partial charge in [-0.3, -0.25) is 9.48 Å². The summed E-state index contributed by atoms with van der Waals surface area (Å²) in [6.07, 6.45) is 4.18. The van der Waals surface area contributed by atoms with E-state index in [9.17, 15) is 4.79 Å². The Bertz CT molecular complexity index is 583. The molecule has 1 aromatic heterocycles. The smallest absolute Gasteiger partial charge is 0.251 e. The first-order valence-corrected chi connectivity index (χ1v) is 6.84. The highest BCUT2D eigenvalue weighted by Crippen LogP contribution is 2.18. The van der Waals surface area contributed by atoms with Crippen molar-refractivity contribution in [2.45, 2.75) is 19.9 Å². The van der Waals surface area contributed by atoms with Crippen LogP contribution in [0.2, 0.25) is 0 Å². The predicted molar refractivity (Wildman–Crippen MR) is 79.0 cm³/mol. The summed E-state index contributed by atoms with van der Waals surface area (Å²) >= 11 is 0. The van der Waals surface area contributed by atoms with E-state index in [2.05, 4.69) is 15.6 Å². The number of ether oxygens (including phenoxy) is 1. The van der Waals surface area contributed by atoms with Crippen LogP contribution in [0.25, 0.3) is 0 Å². The van der Waals surface area contributed by atoms with Gasteiger partial charge in [0.1, 0.15) is 5.75 Å². The third-order valence-electron chi connectivity index (χ3n) is 2.82. The first-order chi connectivity index (χ1) is 10.2. The minimum atomic E-state index is -0.165. The fourth-order valence-electron chi connectivity index (χ4n) is 1.90. The summed E-state index contributed by atoms with van der Waals surface area (Å²) < 4.78 is 7.10. The van der Waals surface area contributed by atoms with Gasteiger partial charge in [0.25, 0.3) is 5.91 Å². The fourth-order valence-corrected chi connectivity index (χ4v) is 1.90. The number of carbonyl (C=O) groups is 1. The molecule has 0 unspecified atom stereocenters. The van der Waals surface area contributed by atoms with E-state index < -0.39 is 0 Å². The number of hydrogen-bond donors (Lipinski definition) is 2. The van der Waals surface area contributed by atoms with E-state index in [-0.39, 0.29) is 5.91 Å². The normalized spacial score (nSPS) is 10.3. The van der Waals surface area contributed by atoms with Gasteiger partial charge in [0.15, 0.2) is 0 Å². The Hall–Kier alpha value is -2.57. The summed E-state index contributed by atoms with van der Waals surface area (Å²) in [7, 11) is 0. The van der Waals surface area contributed by atoms with Crippen LogP contribution in [0.5, 0.6) is 5.75 Å². The highest BCUT2D eigenvalue weighted by atomic mass is 16.5. The Labute approximate surface area is 123 Å². The van der Waals surface area contributed by atoms with Gasteiger partial charge in [-0.05, 0) is 25.5 Å². The van der Waals surface area contributed by atoms with Crippen molar-refractivity contribution in [1.29, 1.82) is 0 Å². The second-order valence-electron chi connectivity index (χ2n) is 4.50. The molecular formula is C14H19N5O2. The zero-order valence-corrected chi connectivity index (χ0v) is 12.0. The number of aryl methyl sites for hydroxylation is 1. The van der Waals surface area contributed by atoms with Crippen molar-refractivity contribution in [3.8, 4) is 5.75 Å². The van der Waals surface area contributed by atoms with Crippen molar-refractivity contribution in [2.24, 2.45) is 0 Å². The number of carbonyl (C=O) groups excluding carboxylic acids is 1. The predicted octanol–water partition coefficient (Wildman–Crippen LogP) is 1.08. The fraction of sp³-hybridized carbons (Fsp3) is 0.357. The maximum absolute atomic E-state index is 12.1. The van der Waals surface area contributed by atoms with E-state index in [0.717, 1.165) is 6.42 Å². The Morgan fingerprint density at radius 1 is 1.43 bits per heavy atom. The average Bonchev–Trinajstić information content (AvgIpc) is 2.96. The van der Waals surface area contributed by atoms with E-state index in [1.54, 1.807) is 35.3 Å². The molecule has 0 fully saturated rings. The topological polar surface area (TPSA) is 95.1 Å². The number of hydrogen-bond acceptors (Lipinski definition) is 5. The van der Waals surface area contributed by atoms with Crippen molar-refractivity contribution in [3.05, 3.63) is 36.2 Å². The number of rotatable bonds is 7. The molecule has 0 aliphatic heterocycles. The van der Waals surface area contributed by atoms with E-state index in [1.165, 1.54) is 0 Å². The Balaban J connectivity index is 1.85. The summed E-state index contributed by atoms with van der Waals surface area (Å²) in [5.74, 6) is 0.437. The van der Waals surface area contributed by atoms with Crippen molar-refractivity contribution in [1.82, 2.24) is 20.3 Å². The standard InChI is InChI=1S/C14H19N5O2/c1-2-21-13-9-11(8-12(15)10-13)14(20)16-4-3-6-19-7-5-17-18-19/h5,7-10H,2-4,6,15H2,1H3,(H,16,20). The lowest BCUT2D eigenvalue weighted by atomic mass is 10.1. The molecule has 112 valence electrons. The van der Waals surface area contributed by atoms with Crippen LogP contribution < -0.4 is 15.8 Å². The third-order valence-corrected chi connectivity index (χ3v) is 2.82. The maximum Gasteiger partial charge on any atom is 0.251 e. The summed E-state index contributed by atoms with van der Waals surface area (Å²) in [4.78, 5) is 12.1. The lowest BCUT2D eigenvalue weighted by Crippen LogP contribution is -2.25. The van der Waals surface area contributed by atoms with Crippen LogP contribution in [-0.2, 0) is 6.54 Å². The molecule has 7 nitrogen and oxygen atoms in total. The first-order valence-electron chi connectivity index (χ1n) is 6.84. The molecule has 0 saturated heterocycles. The van der Waals surface area contributed by atoms with Crippen LogP contribution in [-0.4, -0.2) is 34.1 Å². The van der Waals surface area contributed by atoms with Crippen molar-refractivity contribution in [2.75, 3.05) is 18.9 Å². The van der Waals surface area contributed by atoms with Crippen LogP contribution in [0.4, 0.5) is 5.69 Å². The molecule has 0 bridgehead atoms. The Morgan fingerprint density at radius 2 is 2.29 bits per heavy atom. The second kappa shape index (κ2) is 7.28. The number of aromatic nitrogens is 3.